The second-order valence-electron chi connectivity index (χ2n) is 6.50. The molecule has 0 aliphatic rings. The molecule has 1 heterocycles. The Morgan fingerprint density at radius 1 is 1.07 bits per heavy atom. The van der Waals surface area contributed by atoms with E-state index in [1.807, 2.05) is 6.07 Å². The molecule has 9 nitrogen and oxygen atoms in total. The lowest BCUT2D eigenvalue weighted by molar-refractivity contribution is -0.143. The van der Waals surface area contributed by atoms with Gasteiger partial charge < -0.3 is 15.2 Å². The highest BCUT2D eigenvalue weighted by Gasteiger charge is 2.13. The predicted octanol–water partition coefficient (Wildman–Crippen LogP) is 2.01. The summed E-state index contributed by atoms with van der Waals surface area (Å²) >= 11 is 0. The molecule has 3 rings (SSSR count). The van der Waals surface area contributed by atoms with Crippen LogP contribution < -0.4 is 5.32 Å². The summed E-state index contributed by atoms with van der Waals surface area (Å²) in [6.07, 6.45) is 0.632. The number of ether oxygens (including phenoxy) is 1. The number of nitrogens with one attached hydrogen (secondary N) is 1. The quantitative estimate of drug-likeness (QED) is 0.432. The van der Waals surface area contributed by atoms with Crippen molar-refractivity contribution in [2.45, 2.75) is 19.6 Å². The molecule has 0 saturated heterocycles. The third-order valence-corrected chi connectivity index (χ3v) is 4.14. The van der Waals surface area contributed by atoms with Gasteiger partial charge >= 0.3 is 5.97 Å². The van der Waals surface area contributed by atoms with Crippen LogP contribution in [0, 0.1) is 0 Å². The number of amides is 1. The SMILES string of the molecule is CC(O)c1cn(CC(=O)OCC(=O)c2ccc(NC(=O)c3ccccc3)cc2)nn1. The number of nitrogens with zero attached hydrogens (tertiary/aromatic N) is 3. The van der Waals surface area contributed by atoms with Gasteiger partial charge in [-0.3, -0.25) is 14.4 Å². The molecule has 0 radical (unpaired) electrons. The van der Waals surface area contributed by atoms with E-state index >= 15 is 0 Å². The van der Waals surface area contributed by atoms with Crippen LogP contribution in [-0.4, -0.2) is 44.4 Å². The van der Waals surface area contributed by atoms with Crippen molar-refractivity contribution in [3.8, 4) is 0 Å². The predicted molar refractivity (Wildman–Crippen MR) is 107 cm³/mol. The van der Waals surface area contributed by atoms with Crippen LogP contribution in [0.4, 0.5) is 5.69 Å². The number of hydrogen-bond donors (Lipinski definition) is 2. The molecule has 1 amide bonds. The molecule has 1 unspecified atom stereocenters. The minimum atomic E-state index is -0.795. The minimum Gasteiger partial charge on any atom is -0.456 e. The van der Waals surface area contributed by atoms with Gasteiger partial charge in [-0.2, -0.15) is 0 Å². The van der Waals surface area contributed by atoms with Crippen molar-refractivity contribution in [2.24, 2.45) is 0 Å². The van der Waals surface area contributed by atoms with Crippen molar-refractivity contribution in [1.29, 1.82) is 0 Å². The van der Waals surface area contributed by atoms with Crippen LogP contribution in [0.5, 0.6) is 0 Å². The fraction of sp³-hybridized carbons (Fsp3) is 0.190. The maximum atomic E-state index is 12.2. The third kappa shape index (κ3) is 5.58. The lowest BCUT2D eigenvalue weighted by atomic mass is 10.1. The zero-order valence-electron chi connectivity index (χ0n) is 16.2. The van der Waals surface area contributed by atoms with Gasteiger partial charge in [0.2, 0.25) is 0 Å². The zero-order valence-corrected chi connectivity index (χ0v) is 16.2. The van der Waals surface area contributed by atoms with Crippen LogP contribution in [-0.2, 0) is 16.1 Å². The summed E-state index contributed by atoms with van der Waals surface area (Å²) in [5.74, 6) is -1.29. The molecule has 0 fully saturated rings. The number of anilines is 1. The maximum Gasteiger partial charge on any atom is 0.328 e. The van der Waals surface area contributed by atoms with Crippen molar-refractivity contribution >= 4 is 23.3 Å². The number of aliphatic hydroxyl groups is 1. The number of carbonyl (C=O) groups is 3. The van der Waals surface area contributed by atoms with Crippen LogP contribution in [0.2, 0.25) is 0 Å². The summed E-state index contributed by atoms with van der Waals surface area (Å²) in [6, 6.07) is 15.1. The van der Waals surface area contributed by atoms with Gasteiger partial charge in [0.05, 0.1) is 12.3 Å². The van der Waals surface area contributed by atoms with E-state index in [2.05, 4.69) is 15.6 Å². The van der Waals surface area contributed by atoms with E-state index in [0.29, 0.717) is 22.5 Å². The van der Waals surface area contributed by atoms with Gasteiger partial charge in [-0.1, -0.05) is 23.4 Å². The van der Waals surface area contributed by atoms with Gasteiger partial charge in [0.25, 0.3) is 5.91 Å². The molecule has 2 aromatic carbocycles. The maximum absolute atomic E-state index is 12.2. The third-order valence-electron chi connectivity index (χ3n) is 4.14. The van der Waals surface area contributed by atoms with Crippen LogP contribution in [0.3, 0.4) is 0 Å². The number of esters is 1. The standard InChI is InChI=1S/C21H20N4O5/c1-14(26)18-11-25(24-23-18)12-20(28)30-13-19(27)15-7-9-17(10-8-15)22-21(29)16-5-3-2-4-6-16/h2-11,14,26H,12-13H2,1H3,(H,22,29). The Kier molecular flexibility index (Phi) is 6.66. The first kappa shape index (κ1) is 20.9. The summed E-state index contributed by atoms with van der Waals surface area (Å²) in [5.41, 5.74) is 1.74. The molecule has 9 heteroatoms. The Labute approximate surface area is 172 Å². The molecule has 1 aromatic heterocycles. The fourth-order valence-electron chi connectivity index (χ4n) is 2.52. The largest absolute Gasteiger partial charge is 0.456 e. The minimum absolute atomic E-state index is 0.225. The molecular formula is C21H20N4O5. The van der Waals surface area contributed by atoms with E-state index < -0.39 is 18.7 Å². The average Bonchev–Trinajstić information content (AvgIpc) is 3.22. The number of aliphatic hydroxyl groups excluding tert-OH is 1. The number of Topliss-reactive ketones (excluding diaryl/α,β-unsaturated/α-hetero) is 1. The Bertz CT molecular complexity index is 1030. The van der Waals surface area contributed by atoms with Crippen molar-refractivity contribution in [2.75, 3.05) is 11.9 Å². The monoisotopic (exact) mass is 408 g/mol. The molecule has 30 heavy (non-hydrogen) atoms. The molecule has 3 aromatic rings. The highest BCUT2D eigenvalue weighted by molar-refractivity contribution is 6.04. The van der Waals surface area contributed by atoms with Gasteiger partial charge in [-0.15, -0.1) is 5.10 Å². The van der Waals surface area contributed by atoms with Crippen LogP contribution in [0.1, 0.15) is 39.4 Å². The highest BCUT2D eigenvalue weighted by atomic mass is 16.5. The van der Waals surface area contributed by atoms with Crippen LogP contribution >= 0.6 is 0 Å². The number of carbonyl (C=O) groups excluding carboxylic acids is 3. The summed E-state index contributed by atoms with van der Waals surface area (Å²) in [4.78, 5) is 36.2. The van der Waals surface area contributed by atoms with Gasteiger partial charge in [0.1, 0.15) is 12.2 Å². The topological polar surface area (TPSA) is 123 Å². The smallest absolute Gasteiger partial charge is 0.328 e. The number of ketones is 1. The number of benzene rings is 2. The molecule has 2 N–H and O–H groups in total. The molecule has 1 atom stereocenters. The Balaban J connectivity index is 1.49. The van der Waals surface area contributed by atoms with E-state index in [4.69, 9.17) is 4.74 Å². The molecule has 0 aliphatic carbocycles. The van der Waals surface area contributed by atoms with Gasteiger partial charge in [-0.25, -0.2) is 4.68 Å². The molecule has 0 spiro atoms. The van der Waals surface area contributed by atoms with Crippen LogP contribution in [0.25, 0.3) is 0 Å². The highest BCUT2D eigenvalue weighted by Crippen LogP contribution is 2.12. The summed E-state index contributed by atoms with van der Waals surface area (Å²) in [5, 5.41) is 19.6. The molecule has 0 bridgehead atoms. The summed E-state index contributed by atoms with van der Waals surface area (Å²) < 4.78 is 6.20. The van der Waals surface area contributed by atoms with Gasteiger partial charge in [0.15, 0.2) is 12.4 Å². The number of rotatable bonds is 8. The molecule has 154 valence electrons. The van der Waals surface area contributed by atoms with Gasteiger partial charge in [-0.05, 0) is 43.3 Å². The Morgan fingerprint density at radius 3 is 2.40 bits per heavy atom. The van der Waals surface area contributed by atoms with E-state index in [1.165, 1.54) is 17.8 Å². The lowest BCUT2D eigenvalue weighted by Gasteiger charge is -2.07. The fourth-order valence-corrected chi connectivity index (χ4v) is 2.52. The van der Waals surface area contributed by atoms with Crippen molar-refractivity contribution in [3.63, 3.8) is 0 Å². The van der Waals surface area contributed by atoms with E-state index in [9.17, 15) is 19.5 Å². The van der Waals surface area contributed by atoms with E-state index in [1.54, 1.807) is 48.5 Å². The second kappa shape index (κ2) is 9.57. The molecule has 0 aliphatic heterocycles. The van der Waals surface area contributed by atoms with Gasteiger partial charge in [0, 0.05) is 16.8 Å². The number of hydrogen-bond acceptors (Lipinski definition) is 7. The summed E-state index contributed by atoms with van der Waals surface area (Å²) in [6.45, 7) is 0.883. The van der Waals surface area contributed by atoms with E-state index in [-0.39, 0.29) is 18.2 Å². The average molecular weight is 408 g/mol. The normalized spacial score (nSPS) is 11.5. The first-order valence-electron chi connectivity index (χ1n) is 9.16. The molecular weight excluding hydrogens is 388 g/mol. The zero-order chi connectivity index (χ0) is 21.5. The number of aromatic nitrogens is 3. The second-order valence-corrected chi connectivity index (χ2v) is 6.50. The first-order valence-corrected chi connectivity index (χ1v) is 9.16. The van der Waals surface area contributed by atoms with Crippen LogP contribution in [0.15, 0.2) is 60.8 Å². The first-order chi connectivity index (χ1) is 14.4. The van der Waals surface area contributed by atoms with Crippen molar-refractivity contribution in [1.82, 2.24) is 15.0 Å². The lowest BCUT2D eigenvalue weighted by Crippen LogP contribution is -2.19. The van der Waals surface area contributed by atoms with Crippen molar-refractivity contribution in [3.05, 3.63) is 77.6 Å². The summed E-state index contributed by atoms with van der Waals surface area (Å²) in [7, 11) is 0. The Morgan fingerprint density at radius 2 is 1.77 bits per heavy atom. The van der Waals surface area contributed by atoms with Crippen molar-refractivity contribution < 1.29 is 24.2 Å². The Hall–Kier alpha value is -3.85. The van der Waals surface area contributed by atoms with E-state index in [0.717, 1.165) is 0 Å². The molecule has 0 saturated carbocycles.